The molecule has 0 aliphatic carbocycles. The molecule has 2 N–H and O–H groups in total. The van der Waals surface area contributed by atoms with Crippen molar-refractivity contribution in [2.75, 3.05) is 39.9 Å². The number of piperidine rings is 1. The molecule has 2 fully saturated rings. The summed E-state index contributed by atoms with van der Waals surface area (Å²) < 4.78 is 23.7. The molecule has 2 atom stereocenters. The van der Waals surface area contributed by atoms with Gasteiger partial charge in [-0.15, -0.1) is 0 Å². The fourth-order valence-electron chi connectivity index (χ4n) is 6.08. The molecular formula is C34H40N4O7. The number of hydrogen-bond acceptors (Lipinski definition) is 8. The first-order valence-electron chi connectivity index (χ1n) is 15.7. The van der Waals surface area contributed by atoms with Crippen molar-refractivity contribution in [2.45, 2.75) is 57.3 Å². The fraction of sp³-hybridized carbons (Fsp3) is 0.441. The fourth-order valence-corrected chi connectivity index (χ4v) is 6.08. The van der Waals surface area contributed by atoms with Crippen LogP contribution in [-0.2, 0) is 29.1 Å². The SMILES string of the molecule is COc1cc2ccc1OCC(=O)N[C@@H]1CN(C(=O)c3ccc(CN4CCCC4)o3)CC[C@H]1Oc1ccc(cc1)CNC(=O)CC2. The van der Waals surface area contributed by atoms with Gasteiger partial charge in [-0.1, -0.05) is 18.2 Å². The highest BCUT2D eigenvalue weighted by molar-refractivity contribution is 5.91. The first-order chi connectivity index (χ1) is 21.9. The molecule has 0 radical (unpaired) electrons. The minimum absolute atomic E-state index is 0.0535. The number of hydrogen-bond donors (Lipinski definition) is 2. The molecule has 3 amide bonds. The van der Waals surface area contributed by atoms with Crippen molar-refractivity contribution in [2.24, 2.45) is 0 Å². The normalized spacial score (nSPS) is 21.3. The predicted molar refractivity (Wildman–Crippen MR) is 165 cm³/mol. The monoisotopic (exact) mass is 616 g/mol. The number of likely N-dealkylation sites (tertiary alicyclic amines) is 2. The Morgan fingerprint density at radius 3 is 2.56 bits per heavy atom. The lowest BCUT2D eigenvalue weighted by atomic mass is 10.0. The Morgan fingerprint density at radius 1 is 0.956 bits per heavy atom. The highest BCUT2D eigenvalue weighted by atomic mass is 16.5. The molecule has 7 heterocycles. The zero-order valence-electron chi connectivity index (χ0n) is 25.6. The lowest BCUT2D eigenvalue weighted by Gasteiger charge is -2.38. The summed E-state index contributed by atoms with van der Waals surface area (Å²) in [4.78, 5) is 43.2. The van der Waals surface area contributed by atoms with E-state index in [2.05, 4.69) is 15.5 Å². The van der Waals surface area contributed by atoms with Crippen molar-refractivity contribution in [1.29, 1.82) is 0 Å². The van der Waals surface area contributed by atoms with Crippen LogP contribution in [0.4, 0.5) is 0 Å². The molecule has 3 aromatic rings. The highest BCUT2D eigenvalue weighted by Gasteiger charge is 2.35. The zero-order chi connectivity index (χ0) is 31.2. The van der Waals surface area contributed by atoms with Crippen LogP contribution in [0.25, 0.3) is 0 Å². The third-order valence-electron chi connectivity index (χ3n) is 8.56. The van der Waals surface area contributed by atoms with Gasteiger partial charge in [0, 0.05) is 32.5 Å². The van der Waals surface area contributed by atoms with Gasteiger partial charge in [-0.2, -0.15) is 0 Å². The molecule has 11 nitrogen and oxygen atoms in total. The van der Waals surface area contributed by atoms with Crippen molar-refractivity contribution in [1.82, 2.24) is 20.4 Å². The van der Waals surface area contributed by atoms with Crippen LogP contribution in [-0.4, -0.2) is 79.6 Å². The van der Waals surface area contributed by atoms with Gasteiger partial charge in [0.25, 0.3) is 11.8 Å². The summed E-state index contributed by atoms with van der Waals surface area (Å²) in [7, 11) is 1.53. The van der Waals surface area contributed by atoms with Crippen LogP contribution in [0, 0.1) is 0 Å². The lowest BCUT2D eigenvalue weighted by Crippen LogP contribution is -2.58. The summed E-state index contributed by atoms with van der Waals surface area (Å²) >= 11 is 0. The number of ether oxygens (including phenoxy) is 3. The molecule has 6 aliphatic rings. The number of carbonyl (C=O) groups excluding carboxylic acids is 3. The molecule has 45 heavy (non-hydrogen) atoms. The largest absolute Gasteiger partial charge is 0.493 e. The van der Waals surface area contributed by atoms with Gasteiger partial charge in [-0.05, 0) is 79.9 Å². The Hall–Kier alpha value is -4.51. The molecule has 0 spiro atoms. The van der Waals surface area contributed by atoms with Crippen LogP contribution in [0.1, 0.15) is 53.1 Å². The molecule has 1 aromatic heterocycles. The number of amides is 3. The molecule has 2 saturated heterocycles. The molecule has 4 bridgehead atoms. The second-order valence-corrected chi connectivity index (χ2v) is 11.8. The van der Waals surface area contributed by atoms with Crippen LogP contribution in [0.3, 0.4) is 0 Å². The Labute approximate surface area is 262 Å². The van der Waals surface area contributed by atoms with E-state index >= 15 is 0 Å². The van der Waals surface area contributed by atoms with Crippen LogP contribution in [0.5, 0.6) is 17.2 Å². The van der Waals surface area contributed by atoms with E-state index < -0.39 is 6.04 Å². The van der Waals surface area contributed by atoms with Crippen LogP contribution >= 0.6 is 0 Å². The van der Waals surface area contributed by atoms with Crippen molar-refractivity contribution in [3.05, 3.63) is 77.2 Å². The van der Waals surface area contributed by atoms with E-state index in [-0.39, 0.29) is 37.0 Å². The van der Waals surface area contributed by atoms with Gasteiger partial charge in [-0.25, -0.2) is 0 Å². The molecule has 238 valence electrons. The van der Waals surface area contributed by atoms with Gasteiger partial charge < -0.3 is 34.2 Å². The number of methoxy groups -OCH3 is 1. The maximum atomic E-state index is 13.5. The Bertz CT molecular complexity index is 1500. The van der Waals surface area contributed by atoms with Crippen molar-refractivity contribution in [3.63, 3.8) is 0 Å². The summed E-state index contributed by atoms with van der Waals surface area (Å²) in [5.41, 5.74) is 1.87. The van der Waals surface area contributed by atoms with Gasteiger partial charge >= 0.3 is 0 Å². The maximum absolute atomic E-state index is 13.5. The van der Waals surface area contributed by atoms with E-state index in [1.54, 1.807) is 17.0 Å². The number of rotatable bonds is 4. The molecule has 6 aliphatic heterocycles. The number of aryl methyl sites for hydroxylation is 1. The first-order valence-corrected chi connectivity index (χ1v) is 15.7. The van der Waals surface area contributed by atoms with Gasteiger partial charge in [0.05, 0.1) is 19.7 Å². The molecule has 0 saturated carbocycles. The van der Waals surface area contributed by atoms with E-state index in [1.165, 1.54) is 20.0 Å². The Morgan fingerprint density at radius 2 is 1.76 bits per heavy atom. The van der Waals surface area contributed by atoms with Gasteiger partial charge in [0.15, 0.2) is 23.9 Å². The number of benzene rings is 2. The summed E-state index contributed by atoms with van der Waals surface area (Å²) in [6, 6.07) is 16.1. The van der Waals surface area contributed by atoms with Crippen molar-refractivity contribution < 1.29 is 33.0 Å². The van der Waals surface area contributed by atoms with Gasteiger partial charge in [0.2, 0.25) is 5.91 Å². The first kappa shape index (κ1) is 30.5. The van der Waals surface area contributed by atoms with Crippen molar-refractivity contribution in [3.8, 4) is 17.2 Å². The summed E-state index contributed by atoms with van der Waals surface area (Å²) in [5, 5.41) is 6.02. The van der Waals surface area contributed by atoms with E-state index in [4.69, 9.17) is 18.6 Å². The molecule has 0 unspecified atom stereocenters. The lowest BCUT2D eigenvalue weighted by molar-refractivity contribution is -0.125. The second-order valence-electron chi connectivity index (χ2n) is 11.8. The molecule has 2 aromatic carbocycles. The number of nitrogens with zero attached hydrogens (tertiary/aromatic N) is 2. The Balaban J connectivity index is 1.18. The minimum atomic E-state index is -0.494. The predicted octanol–water partition coefficient (Wildman–Crippen LogP) is 3.30. The van der Waals surface area contributed by atoms with Gasteiger partial charge in [0.1, 0.15) is 17.6 Å². The van der Waals surface area contributed by atoms with Gasteiger partial charge in [-0.3, -0.25) is 19.3 Å². The average Bonchev–Trinajstić information content (AvgIpc) is 3.75. The van der Waals surface area contributed by atoms with Crippen LogP contribution in [0.15, 0.2) is 59.0 Å². The quantitative estimate of drug-likeness (QED) is 0.458. The standard InChI is InChI=1S/C34H40N4O7/c1-42-31-18-23-6-11-29(31)43-22-33(40)36-27-21-38(34(41)30-12-10-26(45-30)20-37-15-2-3-16-37)17-14-28(27)44-25-8-4-24(5-9-25)19-35-32(39)13-7-23/h4-6,8-12,18,27-28H,2-3,7,13-17,19-22H2,1H3,(H,35,39)(H,36,40)/t27-,28-/m1/s1. The molecule has 11 heteroatoms. The molecular weight excluding hydrogens is 576 g/mol. The molecule has 9 rings (SSSR count). The van der Waals surface area contributed by atoms with E-state index in [0.717, 1.165) is 30.0 Å². The van der Waals surface area contributed by atoms with E-state index in [9.17, 15) is 14.4 Å². The Kier molecular flexibility index (Phi) is 9.54. The summed E-state index contributed by atoms with van der Waals surface area (Å²) in [6.07, 6.45) is 3.35. The van der Waals surface area contributed by atoms with Crippen molar-refractivity contribution >= 4 is 17.7 Å². The zero-order valence-corrected chi connectivity index (χ0v) is 25.6. The smallest absolute Gasteiger partial charge is 0.289 e. The second kappa shape index (κ2) is 14.1. The minimum Gasteiger partial charge on any atom is -0.493 e. The third-order valence-corrected chi connectivity index (χ3v) is 8.56. The maximum Gasteiger partial charge on any atom is 0.289 e. The average molecular weight is 617 g/mol. The number of carbonyl (C=O) groups is 3. The van der Waals surface area contributed by atoms with E-state index in [1.807, 2.05) is 42.5 Å². The summed E-state index contributed by atoms with van der Waals surface area (Å²) in [5.74, 6) is 2.00. The van der Waals surface area contributed by atoms with E-state index in [0.29, 0.717) is 61.9 Å². The van der Waals surface area contributed by atoms with Crippen LogP contribution < -0.4 is 24.8 Å². The summed E-state index contributed by atoms with van der Waals surface area (Å²) in [6.45, 7) is 3.63. The van der Waals surface area contributed by atoms with Crippen LogP contribution in [0.2, 0.25) is 0 Å². The number of furan rings is 1. The highest BCUT2D eigenvalue weighted by Crippen LogP contribution is 2.29. The topological polar surface area (TPSA) is 123 Å². The number of nitrogens with one attached hydrogen (secondary N) is 2. The third kappa shape index (κ3) is 7.78.